The molecule has 0 saturated carbocycles. The molecule has 134 valence electrons. The first-order valence-corrected chi connectivity index (χ1v) is 8.37. The summed E-state index contributed by atoms with van der Waals surface area (Å²) in [6, 6.07) is 14.6. The van der Waals surface area contributed by atoms with E-state index in [-0.39, 0.29) is 17.5 Å². The molecule has 0 aliphatic rings. The Hall–Kier alpha value is -3.35. The predicted molar refractivity (Wildman–Crippen MR) is 99.9 cm³/mol. The van der Waals surface area contributed by atoms with E-state index in [2.05, 4.69) is 10.4 Å². The Morgan fingerprint density at radius 2 is 2.08 bits per heavy atom. The van der Waals surface area contributed by atoms with Crippen molar-refractivity contribution in [3.05, 3.63) is 76.6 Å². The number of nitro benzene ring substituents is 1. The highest BCUT2D eigenvalue weighted by molar-refractivity contribution is 5.59. The van der Waals surface area contributed by atoms with Gasteiger partial charge in [0.2, 0.25) is 0 Å². The van der Waals surface area contributed by atoms with E-state index in [0.717, 1.165) is 16.9 Å². The molecule has 0 aliphatic carbocycles. The number of rotatable bonds is 7. The van der Waals surface area contributed by atoms with Gasteiger partial charge >= 0.3 is 5.69 Å². The van der Waals surface area contributed by atoms with Crippen molar-refractivity contribution in [2.24, 2.45) is 0 Å². The van der Waals surface area contributed by atoms with Gasteiger partial charge in [0.1, 0.15) is 0 Å². The maximum Gasteiger partial charge on any atom is 0.311 e. The zero-order valence-electron chi connectivity index (χ0n) is 14.6. The number of anilines is 1. The Morgan fingerprint density at radius 3 is 2.77 bits per heavy atom. The fourth-order valence-electron chi connectivity index (χ4n) is 2.83. The first-order valence-electron chi connectivity index (χ1n) is 8.37. The zero-order chi connectivity index (χ0) is 18.5. The molecule has 0 radical (unpaired) electrons. The molecule has 3 aromatic rings. The summed E-state index contributed by atoms with van der Waals surface area (Å²) in [7, 11) is 0. The van der Waals surface area contributed by atoms with Crippen LogP contribution in [0.5, 0.6) is 5.75 Å². The van der Waals surface area contributed by atoms with E-state index >= 15 is 0 Å². The Morgan fingerprint density at radius 1 is 1.27 bits per heavy atom. The standard InChI is InChI=1S/C19H20N4O3/c1-3-26-19-13-15(9-10-18(19)23(24)25)21-14(2)16-7-4-5-8-17(16)22-12-6-11-20-22/h4-14,21H,3H2,1-2H3. The average molecular weight is 352 g/mol. The molecule has 7 nitrogen and oxygen atoms in total. The van der Waals surface area contributed by atoms with Gasteiger partial charge in [-0.25, -0.2) is 4.68 Å². The topological polar surface area (TPSA) is 82.2 Å². The molecule has 7 heteroatoms. The van der Waals surface area contributed by atoms with Crippen molar-refractivity contribution in [1.29, 1.82) is 0 Å². The summed E-state index contributed by atoms with van der Waals surface area (Å²) in [5, 5.41) is 18.8. The molecule has 1 aromatic heterocycles. The number of hydrogen-bond acceptors (Lipinski definition) is 5. The van der Waals surface area contributed by atoms with Crippen LogP contribution in [-0.2, 0) is 0 Å². The van der Waals surface area contributed by atoms with E-state index in [1.54, 1.807) is 25.3 Å². The summed E-state index contributed by atoms with van der Waals surface area (Å²) in [6.45, 7) is 4.19. The van der Waals surface area contributed by atoms with Gasteiger partial charge in [0, 0.05) is 30.2 Å². The van der Waals surface area contributed by atoms with Crippen LogP contribution in [0.3, 0.4) is 0 Å². The van der Waals surface area contributed by atoms with Gasteiger partial charge in [-0.05, 0) is 37.6 Å². The van der Waals surface area contributed by atoms with Crippen molar-refractivity contribution < 1.29 is 9.66 Å². The number of nitrogens with zero attached hydrogens (tertiary/aromatic N) is 3. The van der Waals surface area contributed by atoms with Crippen molar-refractivity contribution in [2.45, 2.75) is 19.9 Å². The molecule has 0 aliphatic heterocycles. The maximum atomic E-state index is 11.1. The van der Waals surface area contributed by atoms with Crippen LogP contribution >= 0.6 is 0 Å². The maximum absolute atomic E-state index is 11.1. The van der Waals surface area contributed by atoms with Crippen LogP contribution in [0.4, 0.5) is 11.4 Å². The number of ether oxygens (including phenoxy) is 1. The number of hydrogen-bond donors (Lipinski definition) is 1. The Balaban J connectivity index is 1.88. The van der Waals surface area contributed by atoms with E-state index in [9.17, 15) is 10.1 Å². The Kier molecular flexibility index (Phi) is 5.17. The molecule has 2 aromatic carbocycles. The SMILES string of the molecule is CCOc1cc(NC(C)c2ccccc2-n2cccn2)ccc1[N+](=O)[O-]. The van der Waals surface area contributed by atoms with E-state index in [1.807, 2.05) is 48.1 Å². The molecule has 0 spiro atoms. The summed E-state index contributed by atoms with van der Waals surface area (Å²) in [5.41, 5.74) is 2.75. The molecule has 1 atom stereocenters. The van der Waals surface area contributed by atoms with Crippen molar-refractivity contribution in [1.82, 2.24) is 9.78 Å². The molecule has 0 amide bonds. The molecule has 1 unspecified atom stereocenters. The minimum absolute atomic E-state index is 0.0358. The summed E-state index contributed by atoms with van der Waals surface area (Å²) in [4.78, 5) is 10.7. The zero-order valence-corrected chi connectivity index (χ0v) is 14.6. The fraction of sp³-hybridized carbons (Fsp3) is 0.211. The lowest BCUT2D eigenvalue weighted by atomic mass is 10.1. The highest BCUT2D eigenvalue weighted by Crippen LogP contribution is 2.32. The van der Waals surface area contributed by atoms with Crippen molar-refractivity contribution in [3.63, 3.8) is 0 Å². The van der Waals surface area contributed by atoms with Crippen LogP contribution in [0.15, 0.2) is 60.9 Å². The highest BCUT2D eigenvalue weighted by Gasteiger charge is 2.17. The third-order valence-corrected chi connectivity index (χ3v) is 3.99. The number of nitrogens with one attached hydrogen (secondary N) is 1. The summed E-state index contributed by atoms with van der Waals surface area (Å²) < 4.78 is 7.23. The van der Waals surface area contributed by atoms with Gasteiger partial charge in [-0.15, -0.1) is 0 Å². The van der Waals surface area contributed by atoms with Crippen LogP contribution in [0.25, 0.3) is 5.69 Å². The molecule has 1 heterocycles. The Bertz CT molecular complexity index is 894. The lowest BCUT2D eigenvalue weighted by Gasteiger charge is -2.19. The molecule has 3 rings (SSSR count). The number of nitro groups is 1. The van der Waals surface area contributed by atoms with Crippen LogP contribution in [-0.4, -0.2) is 21.3 Å². The van der Waals surface area contributed by atoms with E-state index < -0.39 is 4.92 Å². The third-order valence-electron chi connectivity index (χ3n) is 3.99. The predicted octanol–water partition coefficient (Wildman–Crippen LogP) is 4.35. The van der Waals surface area contributed by atoms with Crippen molar-refractivity contribution in [2.75, 3.05) is 11.9 Å². The minimum atomic E-state index is -0.439. The van der Waals surface area contributed by atoms with Crippen LogP contribution in [0.2, 0.25) is 0 Å². The number of para-hydroxylation sites is 1. The smallest absolute Gasteiger partial charge is 0.311 e. The van der Waals surface area contributed by atoms with E-state index in [1.165, 1.54) is 6.07 Å². The Labute approximate surface area is 151 Å². The molecular formula is C19H20N4O3. The second-order valence-corrected chi connectivity index (χ2v) is 5.75. The van der Waals surface area contributed by atoms with Crippen molar-refractivity contribution in [3.8, 4) is 11.4 Å². The van der Waals surface area contributed by atoms with Gasteiger partial charge in [0.15, 0.2) is 5.75 Å². The van der Waals surface area contributed by atoms with Crippen LogP contribution in [0.1, 0.15) is 25.5 Å². The lowest BCUT2D eigenvalue weighted by molar-refractivity contribution is -0.385. The lowest BCUT2D eigenvalue weighted by Crippen LogP contribution is -2.11. The molecule has 0 fully saturated rings. The summed E-state index contributed by atoms with van der Waals surface area (Å²) >= 11 is 0. The molecule has 26 heavy (non-hydrogen) atoms. The van der Waals surface area contributed by atoms with Gasteiger partial charge in [-0.3, -0.25) is 10.1 Å². The highest BCUT2D eigenvalue weighted by atomic mass is 16.6. The monoisotopic (exact) mass is 352 g/mol. The first-order chi connectivity index (χ1) is 12.6. The molecule has 0 saturated heterocycles. The van der Waals surface area contributed by atoms with Gasteiger partial charge < -0.3 is 10.1 Å². The first kappa shape index (κ1) is 17.5. The van der Waals surface area contributed by atoms with Crippen LogP contribution < -0.4 is 10.1 Å². The normalized spacial score (nSPS) is 11.8. The van der Waals surface area contributed by atoms with E-state index in [0.29, 0.717) is 6.61 Å². The van der Waals surface area contributed by atoms with E-state index in [4.69, 9.17) is 4.74 Å². The largest absolute Gasteiger partial charge is 0.487 e. The molecule has 1 N–H and O–H groups in total. The molecule has 0 bridgehead atoms. The van der Waals surface area contributed by atoms with Gasteiger partial charge in [0.05, 0.1) is 23.3 Å². The summed E-state index contributed by atoms with van der Waals surface area (Å²) in [5.74, 6) is 0.259. The van der Waals surface area contributed by atoms with Gasteiger partial charge in [-0.2, -0.15) is 5.10 Å². The summed E-state index contributed by atoms with van der Waals surface area (Å²) in [6.07, 6.45) is 3.63. The van der Waals surface area contributed by atoms with Crippen molar-refractivity contribution >= 4 is 11.4 Å². The quantitative estimate of drug-likeness (QED) is 0.505. The van der Waals surface area contributed by atoms with Crippen LogP contribution in [0, 0.1) is 10.1 Å². The number of aromatic nitrogens is 2. The second kappa shape index (κ2) is 7.69. The number of benzene rings is 2. The fourth-order valence-corrected chi connectivity index (χ4v) is 2.83. The third kappa shape index (κ3) is 3.66. The second-order valence-electron chi connectivity index (χ2n) is 5.75. The van der Waals surface area contributed by atoms with Gasteiger partial charge in [-0.1, -0.05) is 18.2 Å². The average Bonchev–Trinajstić information content (AvgIpc) is 3.16. The minimum Gasteiger partial charge on any atom is -0.487 e. The van der Waals surface area contributed by atoms with Gasteiger partial charge in [0.25, 0.3) is 0 Å². The molecular weight excluding hydrogens is 332 g/mol.